The molecule has 1 heterocycles. The molecule has 0 radical (unpaired) electrons. The first kappa shape index (κ1) is 13.9. The summed E-state index contributed by atoms with van der Waals surface area (Å²) in [5.41, 5.74) is 0.607. The molecule has 0 spiro atoms. The number of carbonyl (C=O) groups excluding carboxylic acids is 1. The van der Waals surface area contributed by atoms with Crippen molar-refractivity contribution in [1.29, 1.82) is 0 Å². The lowest BCUT2D eigenvalue weighted by atomic mass is 10.2. The Balaban J connectivity index is 2.22. The van der Waals surface area contributed by atoms with Crippen LogP contribution in [-0.2, 0) is 0 Å². The summed E-state index contributed by atoms with van der Waals surface area (Å²) in [5.74, 6) is 1.53. The number of hydrogen-bond acceptors (Lipinski definition) is 4. The molecule has 4 nitrogen and oxygen atoms in total. The molecule has 0 fully saturated rings. The SMILES string of the molecule is CCOc1ccccc1C(=O)N1CCN=C1SCC. The van der Waals surface area contributed by atoms with Gasteiger partial charge in [0.05, 0.1) is 18.7 Å². The highest BCUT2D eigenvalue weighted by Crippen LogP contribution is 2.23. The van der Waals surface area contributed by atoms with Gasteiger partial charge in [-0.25, -0.2) is 0 Å². The second kappa shape index (κ2) is 6.61. The van der Waals surface area contributed by atoms with Crippen molar-refractivity contribution in [2.24, 2.45) is 4.99 Å². The zero-order valence-corrected chi connectivity index (χ0v) is 12.1. The van der Waals surface area contributed by atoms with Crippen LogP contribution in [0.25, 0.3) is 0 Å². The monoisotopic (exact) mass is 278 g/mol. The van der Waals surface area contributed by atoms with Crippen LogP contribution in [0.2, 0.25) is 0 Å². The van der Waals surface area contributed by atoms with Crippen molar-refractivity contribution in [3.63, 3.8) is 0 Å². The molecule has 5 heteroatoms. The van der Waals surface area contributed by atoms with Crippen molar-refractivity contribution in [3.8, 4) is 5.75 Å². The van der Waals surface area contributed by atoms with E-state index >= 15 is 0 Å². The molecule has 102 valence electrons. The largest absolute Gasteiger partial charge is 0.493 e. The summed E-state index contributed by atoms with van der Waals surface area (Å²) in [6.45, 7) is 5.86. The van der Waals surface area contributed by atoms with E-state index in [-0.39, 0.29) is 5.91 Å². The Kier molecular flexibility index (Phi) is 4.85. The fraction of sp³-hybridized carbons (Fsp3) is 0.429. The maximum absolute atomic E-state index is 12.6. The lowest BCUT2D eigenvalue weighted by Crippen LogP contribution is -2.33. The van der Waals surface area contributed by atoms with Crippen LogP contribution in [0.5, 0.6) is 5.75 Å². The molecule has 0 N–H and O–H groups in total. The van der Waals surface area contributed by atoms with Gasteiger partial charge in [0.1, 0.15) is 5.75 Å². The Morgan fingerprint density at radius 3 is 2.95 bits per heavy atom. The van der Waals surface area contributed by atoms with Crippen LogP contribution in [0.3, 0.4) is 0 Å². The van der Waals surface area contributed by atoms with Crippen molar-refractivity contribution in [2.75, 3.05) is 25.4 Å². The van der Waals surface area contributed by atoms with Crippen LogP contribution in [0.4, 0.5) is 0 Å². The van der Waals surface area contributed by atoms with Crippen molar-refractivity contribution in [3.05, 3.63) is 29.8 Å². The quantitative estimate of drug-likeness (QED) is 0.850. The molecule has 2 rings (SSSR count). The number of aliphatic imine (C=N–C) groups is 1. The minimum absolute atomic E-state index is 0.0266. The van der Waals surface area contributed by atoms with Crippen LogP contribution in [0, 0.1) is 0 Å². The average Bonchev–Trinajstić information content (AvgIpc) is 2.88. The molecule has 0 saturated carbocycles. The number of benzene rings is 1. The second-order valence-corrected chi connectivity index (χ2v) is 5.21. The molecular weight excluding hydrogens is 260 g/mol. The molecule has 0 atom stereocenters. The van der Waals surface area contributed by atoms with Gasteiger partial charge >= 0.3 is 0 Å². The fourth-order valence-electron chi connectivity index (χ4n) is 1.94. The Hall–Kier alpha value is -1.49. The molecule has 0 aromatic heterocycles. The van der Waals surface area contributed by atoms with Gasteiger partial charge in [0.15, 0.2) is 5.17 Å². The van der Waals surface area contributed by atoms with Crippen LogP contribution in [0.1, 0.15) is 24.2 Å². The highest BCUT2D eigenvalue weighted by molar-refractivity contribution is 8.13. The first-order valence-corrected chi connectivity index (χ1v) is 7.47. The van der Waals surface area contributed by atoms with Gasteiger partial charge in [-0.2, -0.15) is 0 Å². The molecular formula is C14H18N2O2S. The smallest absolute Gasteiger partial charge is 0.263 e. The summed E-state index contributed by atoms with van der Waals surface area (Å²) in [4.78, 5) is 18.7. The number of carbonyl (C=O) groups is 1. The second-order valence-electron chi connectivity index (χ2n) is 3.98. The molecule has 1 aromatic rings. The van der Waals surface area contributed by atoms with E-state index < -0.39 is 0 Å². The molecule has 1 amide bonds. The third kappa shape index (κ3) is 3.10. The van der Waals surface area contributed by atoms with Crippen LogP contribution >= 0.6 is 11.8 Å². The van der Waals surface area contributed by atoms with E-state index in [0.29, 0.717) is 31.0 Å². The molecule has 0 aliphatic carbocycles. The minimum atomic E-state index is -0.0266. The number of ether oxygens (including phenoxy) is 1. The van der Waals surface area contributed by atoms with Crippen LogP contribution < -0.4 is 4.74 Å². The summed E-state index contributed by atoms with van der Waals surface area (Å²) >= 11 is 1.60. The molecule has 0 unspecified atom stereocenters. The third-order valence-corrected chi connectivity index (χ3v) is 3.63. The Morgan fingerprint density at radius 2 is 2.21 bits per heavy atom. The topological polar surface area (TPSA) is 41.9 Å². The highest BCUT2D eigenvalue weighted by Gasteiger charge is 2.26. The molecule has 0 saturated heterocycles. The summed E-state index contributed by atoms with van der Waals surface area (Å²) in [6.07, 6.45) is 0. The van der Waals surface area contributed by atoms with Gasteiger partial charge < -0.3 is 4.74 Å². The first-order valence-electron chi connectivity index (χ1n) is 6.48. The van der Waals surface area contributed by atoms with Gasteiger partial charge in [-0.15, -0.1) is 0 Å². The van der Waals surface area contributed by atoms with Crippen molar-refractivity contribution in [1.82, 2.24) is 4.90 Å². The number of hydrogen-bond donors (Lipinski definition) is 0. The summed E-state index contributed by atoms with van der Waals surface area (Å²) in [7, 11) is 0. The Bertz CT molecular complexity index is 488. The normalized spacial score (nSPS) is 14.4. The standard InChI is InChI=1S/C14H18N2O2S/c1-3-18-12-8-6-5-7-11(12)13(17)16-10-9-15-14(16)19-4-2/h5-8H,3-4,9-10H2,1-2H3. The van der Waals surface area contributed by atoms with Gasteiger partial charge in [0.2, 0.25) is 0 Å². The highest BCUT2D eigenvalue weighted by atomic mass is 32.2. The van der Waals surface area contributed by atoms with Gasteiger partial charge in [0.25, 0.3) is 5.91 Å². The first-order chi connectivity index (χ1) is 9.27. The van der Waals surface area contributed by atoms with Gasteiger partial charge in [-0.3, -0.25) is 14.7 Å². The van der Waals surface area contributed by atoms with Gasteiger partial charge in [-0.1, -0.05) is 30.8 Å². The number of nitrogens with zero attached hydrogens (tertiary/aromatic N) is 2. The van der Waals surface area contributed by atoms with Crippen LogP contribution in [-0.4, -0.2) is 41.4 Å². The van der Waals surface area contributed by atoms with Crippen molar-refractivity contribution in [2.45, 2.75) is 13.8 Å². The predicted octanol–water partition coefficient (Wildman–Crippen LogP) is 2.65. The molecule has 19 heavy (non-hydrogen) atoms. The van der Waals surface area contributed by atoms with E-state index in [2.05, 4.69) is 11.9 Å². The minimum Gasteiger partial charge on any atom is -0.493 e. The number of rotatable bonds is 4. The Morgan fingerprint density at radius 1 is 1.42 bits per heavy atom. The van der Waals surface area contributed by atoms with Crippen molar-refractivity contribution >= 4 is 22.8 Å². The van der Waals surface area contributed by atoms with E-state index in [0.717, 1.165) is 10.9 Å². The van der Waals surface area contributed by atoms with E-state index in [1.54, 1.807) is 22.7 Å². The molecule has 1 aliphatic heterocycles. The maximum atomic E-state index is 12.6. The van der Waals surface area contributed by atoms with E-state index in [1.165, 1.54) is 0 Å². The Labute approximate surface area is 117 Å². The van der Waals surface area contributed by atoms with E-state index in [9.17, 15) is 4.79 Å². The lowest BCUT2D eigenvalue weighted by Gasteiger charge is -2.19. The van der Waals surface area contributed by atoms with Gasteiger partial charge in [0, 0.05) is 6.54 Å². The average molecular weight is 278 g/mol. The van der Waals surface area contributed by atoms with Crippen molar-refractivity contribution < 1.29 is 9.53 Å². The summed E-state index contributed by atoms with van der Waals surface area (Å²) in [6, 6.07) is 7.37. The lowest BCUT2D eigenvalue weighted by molar-refractivity contribution is 0.0856. The van der Waals surface area contributed by atoms with E-state index in [1.807, 2.05) is 25.1 Å². The predicted molar refractivity (Wildman–Crippen MR) is 79.1 cm³/mol. The number of amidine groups is 1. The molecule has 1 aromatic carbocycles. The molecule has 0 bridgehead atoms. The number of thioether (sulfide) groups is 1. The number of para-hydroxylation sites is 1. The zero-order chi connectivity index (χ0) is 13.7. The van der Waals surface area contributed by atoms with E-state index in [4.69, 9.17) is 4.74 Å². The maximum Gasteiger partial charge on any atom is 0.263 e. The number of amides is 1. The summed E-state index contributed by atoms with van der Waals surface area (Å²) in [5, 5.41) is 0.818. The summed E-state index contributed by atoms with van der Waals surface area (Å²) < 4.78 is 5.52. The molecule has 1 aliphatic rings. The van der Waals surface area contributed by atoms with Crippen LogP contribution in [0.15, 0.2) is 29.3 Å². The van der Waals surface area contributed by atoms with Gasteiger partial charge in [-0.05, 0) is 24.8 Å². The zero-order valence-electron chi connectivity index (χ0n) is 11.3. The third-order valence-electron chi connectivity index (χ3n) is 2.74. The fourth-order valence-corrected chi connectivity index (χ4v) is 2.71.